The third-order valence-electron chi connectivity index (χ3n) is 3.62. The number of amides is 1. The molecule has 2 bridgehead atoms. The third kappa shape index (κ3) is 2.64. The summed E-state index contributed by atoms with van der Waals surface area (Å²) in [6.45, 7) is 0. The zero-order valence-electron chi connectivity index (χ0n) is 10.6. The van der Waals surface area contributed by atoms with Crippen LogP contribution < -0.4 is 5.32 Å². The molecule has 110 valence electrons. The minimum Gasteiger partial charge on any atom is -0.481 e. The number of nitrogens with one attached hydrogen (secondary N) is 1. The largest absolute Gasteiger partial charge is 0.481 e. The van der Waals surface area contributed by atoms with Crippen molar-refractivity contribution in [2.75, 3.05) is 5.32 Å². The molecule has 2 heterocycles. The lowest BCUT2D eigenvalue weighted by Gasteiger charge is -2.21. The Hall–Kier alpha value is -1.56. The fraction of sp³-hybridized carbons (Fsp3) is 0.286. The molecule has 4 atom stereocenters. The lowest BCUT2D eigenvalue weighted by molar-refractivity contribution is -0.145. The minimum atomic E-state index is -1.05. The van der Waals surface area contributed by atoms with Gasteiger partial charge in [-0.2, -0.15) is 0 Å². The van der Waals surface area contributed by atoms with Crippen molar-refractivity contribution >= 4 is 40.8 Å². The number of benzene rings is 1. The normalized spacial score (nSPS) is 29.6. The molecular weight excluding hydrogens is 317 g/mol. The monoisotopic (exact) mass is 327 g/mol. The summed E-state index contributed by atoms with van der Waals surface area (Å²) in [7, 11) is 0. The van der Waals surface area contributed by atoms with E-state index in [0.717, 1.165) is 0 Å². The number of rotatable bonds is 3. The van der Waals surface area contributed by atoms with Gasteiger partial charge in [0, 0.05) is 15.7 Å². The molecule has 0 aromatic heterocycles. The van der Waals surface area contributed by atoms with Crippen LogP contribution in [0.5, 0.6) is 0 Å². The first kappa shape index (κ1) is 14.4. The van der Waals surface area contributed by atoms with Gasteiger partial charge in [-0.3, -0.25) is 9.59 Å². The van der Waals surface area contributed by atoms with Crippen LogP contribution in [0.25, 0.3) is 0 Å². The Labute approximate surface area is 130 Å². The molecule has 1 aromatic carbocycles. The van der Waals surface area contributed by atoms with Gasteiger partial charge < -0.3 is 15.2 Å². The third-order valence-corrected chi connectivity index (χ3v) is 4.05. The van der Waals surface area contributed by atoms with Crippen LogP contribution in [0.3, 0.4) is 0 Å². The number of anilines is 1. The first-order valence-electron chi connectivity index (χ1n) is 6.29. The van der Waals surface area contributed by atoms with E-state index >= 15 is 0 Å². The van der Waals surface area contributed by atoms with Gasteiger partial charge in [-0.15, -0.1) is 0 Å². The Morgan fingerprint density at radius 3 is 2.19 bits per heavy atom. The van der Waals surface area contributed by atoms with Crippen LogP contribution in [0.15, 0.2) is 30.4 Å². The molecule has 0 aliphatic carbocycles. The van der Waals surface area contributed by atoms with E-state index in [9.17, 15) is 14.7 Å². The first-order valence-corrected chi connectivity index (χ1v) is 7.05. The molecule has 0 radical (unpaired) electrons. The Balaban J connectivity index is 1.82. The van der Waals surface area contributed by atoms with Crippen molar-refractivity contribution in [3.05, 3.63) is 40.4 Å². The second kappa shape index (κ2) is 5.33. The van der Waals surface area contributed by atoms with E-state index in [1.165, 1.54) is 0 Å². The van der Waals surface area contributed by atoms with Gasteiger partial charge in [-0.05, 0) is 18.2 Å². The number of halogens is 2. The summed E-state index contributed by atoms with van der Waals surface area (Å²) in [5.74, 6) is -3.11. The molecule has 0 unspecified atom stereocenters. The maximum absolute atomic E-state index is 12.4. The molecule has 0 spiro atoms. The number of carbonyl (C=O) groups is 2. The average molecular weight is 328 g/mol. The highest BCUT2D eigenvalue weighted by atomic mass is 35.5. The molecule has 3 rings (SSSR count). The highest BCUT2D eigenvalue weighted by Crippen LogP contribution is 2.40. The van der Waals surface area contributed by atoms with Crippen molar-refractivity contribution in [2.24, 2.45) is 11.8 Å². The fourth-order valence-corrected chi connectivity index (χ4v) is 3.29. The molecule has 7 heteroatoms. The lowest BCUT2D eigenvalue weighted by Crippen LogP contribution is -2.39. The number of fused-ring (bicyclic) bond motifs is 2. The molecule has 21 heavy (non-hydrogen) atoms. The van der Waals surface area contributed by atoms with E-state index in [4.69, 9.17) is 27.9 Å². The molecular formula is C14H11Cl2NO4. The maximum Gasteiger partial charge on any atom is 0.310 e. The number of hydrogen-bond donors (Lipinski definition) is 2. The van der Waals surface area contributed by atoms with Gasteiger partial charge in [0.15, 0.2) is 0 Å². The number of carboxylic acid groups (broad SMARTS) is 1. The topological polar surface area (TPSA) is 75.6 Å². The van der Waals surface area contributed by atoms with Crippen molar-refractivity contribution < 1.29 is 19.4 Å². The molecule has 1 amide bonds. The van der Waals surface area contributed by atoms with Gasteiger partial charge in [0.2, 0.25) is 5.91 Å². The quantitative estimate of drug-likeness (QED) is 0.836. The Bertz CT molecular complexity index is 626. The van der Waals surface area contributed by atoms with Gasteiger partial charge in [0.25, 0.3) is 0 Å². The average Bonchev–Trinajstić information content (AvgIpc) is 2.96. The molecule has 5 nitrogen and oxygen atoms in total. The van der Waals surface area contributed by atoms with E-state index in [1.807, 2.05) is 0 Å². The lowest BCUT2D eigenvalue weighted by atomic mass is 9.82. The molecule has 2 N–H and O–H groups in total. The van der Waals surface area contributed by atoms with Crippen LogP contribution in [0.4, 0.5) is 5.69 Å². The van der Waals surface area contributed by atoms with Gasteiger partial charge >= 0.3 is 5.97 Å². The van der Waals surface area contributed by atoms with Crippen LogP contribution in [-0.2, 0) is 14.3 Å². The van der Waals surface area contributed by atoms with Gasteiger partial charge in [-0.25, -0.2) is 0 Å². The van der Waals surface area contributed by atoms with Crippen molar-refractivity contribution in [1.82, 2.24) is 0 Å². The number of hydrogen-bond acceptors (Lipinski definition) is 3. The van der Waals surface area contributed by atoms with Crippen LogP contribution in [-0.4, -0.2) is 29.2 Å². The highest BCUT2D eigenvalue weighted by Gasteiger charge is 2.53. The van der Waals surface area contributed by atoms with Crippen molar-refractivity contribution in [2.45, 2.75) is 12.2 Å². The summed E-state index contributed by atoms with van der Waals surface area (Å²) in [5, 5.41) is 12.7. The van der Waals surface area contributed by atoms with Gasteiger partial charge in [0.1, 0.15) is 5.92 Å². The standard InChI is InChI=1S/C14H11Cl2NO4/c15-6-3-7(16)5-8(4-6)17-13(18)11-9-1-2-10(21-9)12(11)14(19)20/h1-5,9-12H,(H,17,18)(H,19,20)/t9-,10-,11+,12+/m1/s1. The van der Waals surface area contributed by atoms with Gasteiger partial charge in [-0.1, -0.05) is 35.4 Å². The molecule has 1 fully saturated rings. The van der Waals surface area contributed by atoms with Crippen molar-refractivity contribution in [3.63, 3.8) is 0 Å². The first-order chi connectivity index (χ1) is 9.95. The molecule has 2 aliphatic heterocycles. The van der Waals surface area contributed by atoms with Crippen LogP contribution in [0, 0.1) is 11.8 Å². The maximum atomic E-state index is 12.4. The molecule has 0 saturated carbocycles. The van der Waals surface area contributed by atoms with Crippen LogP contribution in [0.1, 0.15) is 0 Å². The molecule has 1 saturated heterocycles. The summed E-state index contributed by atoms with van der Waals surface area (Å²) in [5.41, 5.74) is 0.424. The Morgan fingerprint density at radius 1 is 1.05 bits per heavy atom. The smallest absolute Gasteiger partial charge is 0.310 e. The van der Waals surface area contributed by atoms with E-state index in [2.05, 4.69) is 5.32 Å². The summed E-state index contributed by atoms with van der Waals surface area (Å²) in [4.78, 5) is 23.7. The predicted octanol–water partition coefficient (Wildman–Crippen LogP) is 2.59. The summed E-state index contributed by atoms with van der Waals surface area (Å²) in [6, 6.07) is 4.64. The highest BCUT2D eigenvalue weighted by molar-refractivity contribution is 6.35. The van der Waals surface area contributed by atoms with E-state index in [1.54, 1.807) is 30.4 Å². The summed E-state index contributed by atoms with van der Waals surface area (Å²) in [6.07, 6.45) is 2.35. The molecule has 1 aromatic rings. The SMILES string of the molecule is O=C(O)[C@@H]1[C@@H](C(=O)Nc2cc(Cl)cc(Cl)c2)[C@H]2C=C[C@H]1O2. The number of carboxylic acids is 1. The van der Waals surface area contributed by atoms with E-state index in [-0.39, 0.29) is 0 Å². The van der Waals surface area contributed by atoms with E-state index in [0.29, 0.717) is 15.7 Å². The Kier molecular flexibility index (Phi) is 3.65. The summed E-state index contributed by atoms with van der Waals surface area (Å²) >= 11 is 11.7. The number of carbonyl (C=O) groups excluding carboxylic acids is 1. The summed E-state index contributed by atoms with van der Waals surface area (Å²) < 4.78 is 5.46. The van der Waals surface area contributed by atoms with Crippen LogP contribution in [0.2, 0.25) is 10.0 Å². The molecule has 2 aliphatic rings. The van der Waals surface area contributed by atoms with E-state index < -0.39 is 35.9 Å². The Morgan fingerprint density at radius 2 is 1.62 bits per heavy atom. The zero-order valence-corrected chi connectivity index (χ0v) is 12.1. The van der Waals surface area contributed by atoms with Crippen LogP contribution >= 0.6 is 23.2 Å². The van der Waals surface area contributed by atoms with Gasteiger partial charge in [0.05, 0.1) is 18.1 Å². The van der Waals surface area contributed by atoms with Crippen molar-refractivity contribution in [3.8, 4) is 0 Å². The minimum absolute atomic E-state index is 0.386. The number of ether oxygens (including phenoxy) is 1. The predicted molar refractivity (Wildman–Crippen MR) is 77.5 cm³/mol. The fourth-order valence-electron chi connectivity index (χ4n) is 2.77. The van der Waals surface area contributed by atoms with Crippen molar-refractivity contribution in [1.29, 1.82) is 0 Å². The second-order valence-electron chi connectivity index (χ2n) is 4.99. The number of aliphatic carboxylic acids is 1. The zero-order chi connectivity index (χ0) is 15.1. The second-order valence-corrected chi connectivity index (χ2v) is 5.86.